The van der Waals surface area contributed by atoms with Crippen LogP contribution in [0, 0.1) is 24.6 Å². The zero-order chi connectivity index (χ0) is 27.6. The topological polar surface area (TPSA) is 55.8 Å². The molecule has 0 amide bonds. The summed E-state index contributed by atoms with van der Waals surface area (Å²) >= 11 is 0. The molecule has 5 nitrogen and oxygen atoms in total. The highest BCUT2D eigenvalue weighted by Gasteiger charge is 2.45. The van der Waals surface area contributed by atoms with Gasteiger partial charge in [0.05, 0.1) is 29.4 Å². The van der Waals surface area contributed by atoms with Crippen molar-refractivity contribution in [1.29, 1.82) is 0 Å². The smallest absolute Gasteiger partial charge is 0.178 e. The Bertz CT molecular complexity index is 1380. The minimum atomic E-state index is -3.31. The Kier molecular flexibility index (Phi) is 8.29. The van der Waals surface area contributed by atoms with Crippen LogP contribution < -0.4 is 9.47 Å². The first-order valence-corrected chi connectivity index (χ1v) is 15.7. The Labute approximate surface area is 231 Å². The van der Waals surface area contributed by atoms with Crippen molar-refractivity contribution in [3.8, 4) is 22.6 Å². The number of hydrogen-bond acceptors (Lipinski definition) is 5. The summed E-state index contributed by atoms with van der Waals surface area (Å²) in [5, 5.41) is 0. The van der Waals surface area contributed by atoms with Crippen molar-refractivity contribution in [2.75, 3.05) is 25.5 Å². The second kappa shape index (κ2) is 11.7. The fourth-order valence-electron chi connectivity index (χ4n) is 6.49. The lowest BCUT2D eigenvalue weighted by molar-refractivity contribution is 0.227. The molecule has 1 aliphatic carbocycles. The van der Waals surface area contributed by atoms with Gasteiger partial charge in [-0.25, -0.2) is 12.8 Å². The Morgan fingerprint density at radius 2 is 1.62 bits per heavy atom. The number of benzene rings is 3. The molecule has 1 unspecified atom stereocenters. The summed E-state index contributed by atoms with van der Waals surface area (Å²) < 4.78 is 52.2. The van der Waals surface area contributed by atoms with Gasteiger partial charge in [0.15, 0.2) is 9.84 Å². The van der Waals surface area contributed by atoms with Crippen molar-refractivity contribution >= 4 is 9.84 Å². The number of fused-ring (bicyclic) bond motifs is 1. The highest BCUT2D eigenvalue weighted by Crippen LogP contribution is 2.45. The van der Waals surface area contributed by atoms with Gasteiger partial charge in [-0.05, 0) is 112 Å². The third kappa shape index (κ3) is 5.99. The Balaban J connectivity index is 1.35. The van der Waals surface area contributed by atoms with E-state index in [1.54, 1.807) is 24.3 Å². The van der Waals surface area contributed by atoms with Gasteiger partial charge in [-0.3, -0.25) is 4.90 Å². The van der Waals surface area contributed by atoms with Crippen molar-refractivity contribution in [3.63, 3.8) is 0 Å². The van der Waals surface area contributed by atoms with E-state index in [2.05, 4.69) is 17.0 Å². The zero-order valence-corrected chi connectivity index (χ0v) is 23.8. The standard InChI is InChI=1S/C32H38FNO4S/c1-4-37-30-18-23(19-31(38-5-2)32(30)24-9-12-26(33)13-10-24)20-34-16-15-28-25(11-14-29(28)34)21-39(35,36)27-8-6-7-22(3)17-27/h6-10,12-13,17-19,25,28-29H,4-5,11,14-16,20-21H2,1-3H3/t25?,28-,29+/m0/s1. The van der Waals surface area contributed by atoms with Crippen molar-refractivity contribution in [3.05, 3.63) is 77.6 Å². The van der Waals surface area contributed by atoms with E-state index < -0.39 is 9.84 Å². The van der Waals surface area contributed by atoms with E-state index in [1.165, 1.54) is 12.1 Å². The molecule has 5 rings (SSSR count). The predicted molar refractivity (Wildman–Crippen MR) is 152 cm³/mol. The molecular weight excluding hydrogens is 513 g/mol. The van der Waals surface area contributed by atoms with Gasteiger partial charge in [-0.2, -0.15) is 0 Å². The molecule has 0 bridgehead atoms. The molecule has 1 aliphatic heterocycles. The summed E-state index contributed by atoms with van der Waals surface area (Å²) in [6.07, 6.45) is 2.97. The molecule has 3 atom stereocenters. The van der Waals surface area contributed by atoms with Gasteiger partial charge in [0, 0.05) is 12.6 Å². The molecule has 39 heavy (non-hydrogen) atoms. The van der Waals surface area contributed by atoms with Gasteiger partial charge in [0.25, 0.3) is 0 Å². The largest absolute Gasteiger partial charge is 0.493 e. The molecule has 3 aromatic rings. The molecule has 0 aromatic heterocycles. The van der Waals surface area contributed by atoms with E-state index in [1.807, 2.05) is 32.9 Å². The zero-order valence-electron chi connectivity index (χ0n) is 23.0. The average Bonchev–Trinajstić information content (AvgIpc) is 3.48. The molecule has 0 spiro atoms. The second-order valence-corrected chi connectivity index (χ2v) is 12.8. The third-order valence-corrected chi connectivity index (χ3v) is 10.0. The van der Waals surface area contributed by atoms with E-state index in [9.17, 15) is 12.8 Å². The lowest BCUT2D eigenvalue weighted by Crippen LogP contribution is -2.31. The fourth-order valence-corrected chi connectivity index (χ4v) is 8.31. The van der Waals surface area contributed by atoms with Crippen molar-refractivity contribution < 1.29 is 22.3 Å². The third-order valence-electron chi connectivity index (χ3n) is 8.18. The number of aryl methyl sites for hydroxylation is 1. The van der Waals surface area contributed by atoms with Gasteiger partial charge >= 0.3 is 0 Å². The van der Waals surface area contributed by atoms with Crippen molar-refractivity contribution in [2.45, 2.75) is 57.5 Å². The summed E-state index contributed by atoms with van der Waals surface area (Å²) in [4.78, 5) is 2.94. The summed E-state index contributed by atoms with van der Waals surface area (Å²) in [6, 6.07) is 18.2. The van der Waals surface area contributed by atoms with Crippen LogP contribution in [0.1, 0.15) is 44.2 Å². The van der Waals surface area contributed by atoms with E-state index in [0.717, 1.165) is 66.1 Å². The first-order valence-electron chi connectivity index (χ1n) is 14.0. The van der Waals surface area contributed by atoms with Gasteiger partial charge in [0.2, 0.25) is 0 Å². The minimum Gasteiger partial charge on any atom is -0.493 e. The normalized spacial score (nSPS) is 21.2. The average molecular weight is 552 g/mol. The number of hydrogen-bond donors (Lipinski definition) is 0. The first kappa shape index (κ1) is 27.7. The number of likely N-dealkylation sites (tertiary alicyclic amines) is 1. The van der Waals surface area contributed by atoms with Crippen molar-refractivity contribution in [2.24, 2.45) is 11.8 Å². The SMILES string of the molecule is CCOc1cc(CN2CC[C@H]3C(CS(=O)(=O)c4cccc(C)c4)CC[C@H]32)cc(OCC)c1-c1ccc(F)cc1. The van der Waals surface area contributed by atoms with E-state index in [4.69, 9.17) is 9.47 Å². The van der Waals surface area contributed by atoms with Crippen molar-refractivity contribution in [1.82, 2.24) is 4.90 Å². The highest BCUT2D eigenvalue weighted by molar-refractivity contribution is 7.91. The Hall–Kier alpha value is -2.90. The molecule has 7 heteroatoms. The monoisotopic (exact) mass is 551 g/mol. The highest BCUT2D eigenvalue weighted by atomic mass is 32.2. The minimum absolute atomic E-state index is 0.185. The molecule has 1 heterocycles. The molecule has 208 valence electrons. The number of rotatable bonds is 10. The number of ether oxygens (including phenoxy) is 2. The van der Waals surface area contributed by atoms with Crippen LogP contribution >= 0.6 is 0 Å². The first-order chi connectivity index (χ1) is 18.8. The molecule has 3 aromatic carbocycles. The Morgan fingerprint density at radius 3 is 2.26 bits per heavy atom. The van der Waals surface area contributed by atoms with E-state index >= 15 is 0 Å². The lowest BCUT2D eigenvalue weighted by Gasteiger charge is -2.25. The van der Waals surface area contributed by atoms with Gasteiger partial charge in [0.1, 0.15) is 17.3 Å². The molecule has 2 aliphatic rings. The number of sulfone groups is 1. The van der Waals surface area contributed by atoms with Crippen LogP contribution in [0.25, 0.3) is 11.1 Å². The van der Waals surface area contributed by atoms with Crippen LogP contribution in [0.3, 0.4) is 0 Å². The van der Waals surface area contributed by atoms with Crippen LogP contribution in [0.2, 0.25) is 0 Å². The molecule has 0 radical (unpaired) electrons. The van der Waals surface area contributed by atoms with Gasteiger partial charge in [-0.1, -0.05) is 24.3 Å². The molecule has 2 fully saturated rings. The summed E-state index contributed by atoms with van der Waals surface area (Å²) in [6.45, 7) is 8.56. The summed E-state index contributed by atoms with van der Waals surface area (Å²) in [5.41, 5.74) is 3.76. The number of halogens is 1. The van der Waals surface area contributed by atoms with Crippen LogP contribution in [-0.4, -0.2) is 44.9 Å². The fraction of sp³-hybridized carbons (Fsp3) is 0.438. The van der Waals surface area contributed by atoms with Crippen LogP contribution in [0.4, 0.5) is 4.39 Å². The maximum absolute atomic E-state index is 13.6. The van der Waals surface area contributed by atoms with Crippen LogP contribution in [0.15, 0.2) is 65.6 Å². The quantitative estimate of drug-likeness (QED) is 0.282. The van der Waals surface area contributed by atoms with Crippen LogP contribution in [0.5, 0.6) is 11.5 Å². The van der Waals surface area contributed by atoms with Gasteiger partial charge < -0.3 is 9.47 Å². The van der Waals surface area contributed by atoms with Gasteiger partial charge in [-0.15, -0.1) is 0 Å². The number of nitrogens with zero attached hydrogens (tertiary/aromatic N) is 1. The molecule has 0 N–H and O–H groups in total. The van der Waals surface area contributed by atoms with E-state index in [-0.39, 0.29) is 17.5 Å². The molecule has 1 saturated heterocycles. The van der Waals surface area contributed by atoms with E-state index in [0.29, 0.717) is 30.1 Å². The Morgan fingerprint density at radius 1 is 0.923 bits per heavy atom. The summed E-state index contributed by atoms with van der Waals surface area (Å²) in [5.74, 6) is 1.98. The van der Waals surface area contributed by atoms with Crippen LogP contribution in [-0.2, 0) is 16.4 Å². The summed E-state index contributed by atoms with van der Waals surface area (Å²) in [7, 11) is -3.31. The lowest BCUT2D eigenvalue weighted by atomic mass is 9.95. The molecular formula is C32H38FNO4S. The maximum Gasteiger partial charge on any atom is 0.178 e. The second-order valence-electron chi connectivity index (χ2n) is 10.8. The molecule has 1 saturated carbocycles. The predicted octanol–water partition coefficient (Wildman–Crippen LogP) is 6.67. The maximum atomic E-state index is 13.6.